The number of piperazine rings is 1. The van der Waals surface area contributed by atoms with Crippen LogP contribution in [0.15, 0.2) is 6.07 Å². The summed E-state index contributed by atoms with van der Waals surface area (Å²) in [5, 5.41) is 5.75. The van der Waals surface area contributed by atoms with Crippen LogP contribution in [0.4, 0.5) is 10.1 Å². The van der Waals surface area contributed by atoms with Crippen LogP contribution in [0, 0.1) is 12.9 Å². The van der Waals surface area contributed by atoms with Gasteiger partial charge in [-0.2, -0.15) is 4.39 Å². The van der Waals surface area contributed by atoms with E-state index in [9.17, 15) is 9.18 Å². The molecule has 5 nitrogen and oxygen atoms in total. The number of rotatable bonds is 2. The van der Waals surface area contributed by atoms with Crippen LogP contribution in [0.3, 0.4) is 0 Å². The fraction of sp³-hybridized carbons (Fsp3) is 0.500. The maximum atomic E-state index is 13.3. The lowest BCUT2D eigenvalue weighted by molar-refractivity contribution is 0.0957. The van der Waals surface area contributed by atoms with Crippen molar-refractivity contribution in [2.75, 3.05) is 38.1 Å². The molecular formula is C12H17FN4O. The molecule has 1 aromatic heterocycles. The van der Waals surface area contributed by atoms with Crippen molar-refractivity contribution in [3.05, 3.63) is 23.3 Å². The second-order valence-electron chi connectivity index (χ2n) is 4.28. The van der Waals surface area contributed by atoms with E-state index in [2.05, 4.69) is 20.5 Å². The highest BCUT2D eigenvalue weighted by atomic mass is 19.1. The number of hydrogen-bond acceptors (Lipinski definition) is 4. The summed E-state index contributed by atoms with van der Waals surface area (Å²) in [6.45, 7) is 5.08. The van der Waals surface area contributed by atoms with Crippen LogP contribution in [-0.4, -0.2) is 44.1 Å². The highest BCUT2D eigenvalue weighted by molar-refractivity contribution is 5.98. The van der Waals surface area contributed by atoms with Gasteiger partial charge in [-0.15, -0.1) is 0 Å². The fourth-order valence-corrected chi connectivity index (χ4v) is 2.19. The number of nitrogens with one attached hydrogen (secondary N) is 2. The molecule has 1 saturated heterocycles. The Morgan fingerprint density at radius 2 is 2.17 bits per heavy atom. The van der Waals surface area contributed by atoms with E-state index in [4.69, 9.17) is 0 Å². The minimum absolute atomic E-state index is 0.164. The molecule has 0 spiro atoms. The molecule has 6 heteroatoms. The van der Waals surface area contributed by atoms with E-state index in [1.54, 1.807) is 6.92 Å². The SMILES string of the molecule is CNC(=O)c1nc(F)cc(C)c1N1CCNCC1. The molecule has 0 aliphatic carbocycles. The second kappa shape index (κ2) is 5.30. The standard InChI is InChI=1S/C12H17FN4O/c1-8-7-9(13)16-10(12(18)14-2)11(8)17-5-3-15-4-6-17/h7,15H,3-6H2,1-2H3,(H,14,18). The monoisotopic (exact) mass is 252 g/mol. The molecule has 1 aliphatic rings. The van der Waals surface area contributed by atoms with Gasteiger partial charge < -0.3 is 15.5 Å². The molecule has 1 aromatic rings. The van der Waals surface area contributed by atoms with Crippen molar-refractivity contribution in [1.29, 1.82) is 0 Å². The third-order valence-corrected chi connectivity index (χ3v) is 3.03. The first-order valence-electron chi connectivity index (χ1n) is 5.98. The molecule has 2 heterocycles. The largest absolute Gasteiger partial charge is 0.367 e. The Morgan fingerprint density at radius 1 is 1.50 bits per heavy atom. The van der Waals surface area contributed by atoms with Crippen molar-refractivity contribution in [3.8, 4) is 0 Å². The van der Waals surface area contributed by atoms with Gasteiger partial charge in [0.15, 0.2) is 5.69 Å². The van der Waals surface area contributed by atoms with E-state index in [0.29, 0.717) is 0 Å². The first-order chi connectivity index (χ1) is 8.63. The van der Waals surface area contributed by atoms with Gasteiger partial charge in [0, 0.05) is 33.2 Å². The normalized spacial score (nSPS) is 15.6. The molecule has 0 atom stereocenters. The summed E-state index contributed by atoms with van der Waals surface area (Å²) in [5.74, 6) is -0.976. The van der Waals surface area contributed by atoms with Gasteiger partial charge in [0.05, 0.1) is 5.69 Å². The minimum atomic E-state index is -0.620. The maximum absolute atomic E-state index is 13.3. The average Bonchev–Trinajstić information content (AvgIpc) is 2.38. The van der Waals surface area contributed by atoms with Gasteiger partial charge in [-0.05, 0) is 18.6 Å². The smallest absolute Gasteiger partial charge is 0.271 e. The Kier molecular flexibility index (Phi) is 3.76. The number of pyridine rings is 1. The number of hydrogen-bond donors (Lipinski definition) is 2. The Labute approximate surface area is 105 Å². The molecule has 2 rings (SSSR count). The predicted molar refractivity (Wildman–Crippen MR) is 67.4 cm³/mol. The predicted octanol–water partition coefficient (Wildman–Crippen LogP) is 0.298. The summed E-state index contributed by atoms with van der Waals surface area (Å²) in [6, 6.07) is 1.36. The molecule has 0 aromatic carbocycles. The van der Waals surface area contributed by atoms with Gasteiger partial charge in [0.1, 0.15) is 0 Å². The lowest BCUT2D eigenvalue weighted by Crippen LogP contribution is -2.44. The van der Waals surface area contributed by atoms with E-state index >= 15 is 0 Å². The third kappa shape index (κ3) is 2.43. The number of halogens is 1. The van der Waals surface area contributed by atoms with Gasteiger partial charge in [0.25, 0.3) is 5.91 Å². The Balaban J connectivity index is 2.45. The Bertz CT molecular complexity index is 458. The topological polar surface area (TPSA) is 57.3 Å². The van der Waals surface area contributed by atoms with E-state index in [1.165, 1.54) is 13.1 Å². The minimum Gasteiger partial charge on any atom is -0.367 e. The van der Waals surface area contributed by atoms with Crippen molar-refractivity contribution >= 4 is 11.6 Å². The lowest BCUT2D eigenvalue weighted by atomic mass is 10.1. The van der Waals surface area contributed by atoms with Crippen molar-refractivity contribution in [3.63, 3.8) is 0 Å². The van der Waals surface area contributed by atoms with Crippen molar-refractivity contribution < 1.29 is 9.18 Å². The van der Waals surface area contributed by atoms with Crippen LogP contribution >= 0.6 is 0 Å². The first kappa shape index (κ1) is 12.8. The van der Waals surface area contributed by atoms with Gasteiger partial charge in [0.2, 0.25) is 5.95 Å². The molecule has 1 fully saturated rings. The summed E-state index contributed by atoms with van der Waals surface area (Å²) in [5.41, 5.74) is 1.64. The zero-order valence-corrected chi connectivity index (χ0v) is 10.6. The summed E-state index contributed by atoms with van der Waals surface area (Å²) in [4.78, 5) is 17.6. The maximum Gasteiger partial charge on any atom is 0.271 e. The first-order valence-corrected chi connectivity index (χ1v) is 5.98. The van der Waals surface area contributed by atoms with Crippen molar-refractivity contribution in [1.82, 2.24) is 15.6 Å². The van der Waals surface area contributed by atoms with Crippen LogP contribution in [0.25, 0.3) is 0 Å². The van der Waals surface area contributed by atoms with Crippen molar-refractivity contribution in [2.24, 2.45) is 0 Å². The molecule has 0 unspecified atom stereocenters. The van der Waals surface area contributed by atoms with Crippen LogP contribution in [0.1, 0.15) is 16.1 Å². The Morgan fingerprint density at radius 3 is 2.78 bits per heavy atom. The quantitative estimate of drug-likeness (QED) is 0.743. The number of carbonyl (C=O) groups excluding carboxylic acids is 1. The van der Waals surface area contributed by atoms with E-state index in [-0.39, 0.29) is 11.6 Å². The third-order valence-electron chi connectivity index (χ3n) is 3.03. The highest BCUT2D eigenvalue weighted by Gasteiger charge is 2.22. The van der Waals surface area contributed by atoms with Crippen LogP contribution in [0.5, 0.6) is 0 Å². The molecule has 18 heavy (non-hydrogen) atoms. The fourth-order valence-electron chi connectivity index (χ4n) is 2.19. The second-order valence-corrected chi connectivity index (χ2v) is 4.28. The molecule has 0 bridgehead atoms. The average molecular weight is 252 g/mol. The van der Waals surface area contributed by atoms with Crippen LogP contribution in [0.2, 0.25) is 0 Å². The molecule has 98 valence electrons. The molecule has 0 radical (unpaired) electrons. The summed E-state index contributed by atoms with van der Waals surface area (Å²) in [6.07, 6.45) is 0. The number of aryl methyl sites for hydroxylation is 1. The Hall–Kier alpha value is -1.69. The molecular weight excluding hydrogens is 235 g/mol. The molecule has 1 aliphatic heterocycles. The summed E-state index contributed by atoms with van der Waals surface area (Å²) in [7, 11) is 1.52. The van der Waals surface area contributed by atoms with Crippen LogP contribution < -0.4 is 15.5 Å². The highest BCUT2D eigenvalue weighted by Crippen LogP contribution is 2.24. The number of nitrogens with zero attached hydrogens (tertiary/aromatic N) is 2. The van der Waals surface area contributed by atoms with Gasteiger partial charge in [-0.3, -0.25) is 4.79 Å². The van der Waals surface area contributed by atoms with E-state index in [1.807, 2.05) is 0 Å². The van der Waals surface area contributed by atoms with E-state index in [0.717, 1.165) is 37.4 Å². The zero-order valence-electron chi connectivity index (χ0n) is 10.6. The number of amides is 1. The molecule has 2 N–H and O–H groups in total. The zero-order chi connectivity index (χ0) is 13.1. The summed E-state index contributed by atoms with van der Waals surface area (Å²) >= 11 is 0. The lowest BCUT2D eigenvalue weighted by Gasteiger charge is -2.31. The summed E-state index contributed by atoms with van der Waals surface area (Å²) < 4.78 is 13.3. The number of aromatic nitrogens is 1. The van der Waals surface area contributed by atoms with Gasteiger partial charge >= 0.3 is 0 Å². The van der Waals surface area contributed by atoms with Gasteiger partial charge in [-0.1, -0.05) is 0 Å². The molecule has 1 amide bonds. The van der Waals surface area contributed by atoms with E-state index < -0.39 is 5.95 Å². The molecule has 0 saturated carbocycles. The van der Waals surface area contributed by atoms with Gasteiger partial charge in [-0.25, -0.2) is 4.98 Å². The van der Waals surface area contributed by atoms with Crippen molar-refractivity contribution in [2.45, 2.75) is 6.92 Å². The number of anilines is 1. The number of carbonyl (C=O) groups is 1. The van der Waals surface area contributed by atoms with Crippen LogP contribution in [-0.2, 0) is 0 Å².